The summed E-state index contributed by atoms with van der Waals surface area (Å²) in [6.07, 6.45) is 3.05. The third-order valence-corrected chi connectivity index (χ3v) is 5.07. The quantitative estimate of drug-likeness (QED) is 0.670. The molecule has 0 aliphatic carbocycles. The average Bonchev–Trinajstić information content (AvgIpc) is 2.95. The van der Waals surface area contributed by atoms with Crippen molar-refractivity contribution in [3.05, 3.63) is 38.9 Å². The molecule has 2 aliphatic rings. The summed E-state index contributed by atoms with van der Waals surface area (Å²) in [6, 6.07) is 4.21. The zero-order valence-electron chi connectivity index (χ0n) is 12.2. The summed E-state index contributed by atoms with van der Waals surface area (Å²) in [6.45, 7) is 3.35. The molecule has 2 saturated heterocycles. The lowest BCUT2D eigenvalue weighted by atomic mass is 9.78. The highest BCUT2D eigenvalue weighted by atomic mass is 35.5. The third-order valence-electron chi connectivity index (χ3n) is 4.83. The number of nitrogens with one attached hydrogen (secondary N) is 1. The zero-order chi connectivity index (χ0) is 15.7. The van der Waals surface area contributed by atoms with Crippen molar-refractivity contribution in [2.75, 3.05) is 26.2 Å². The van der Waals surface area contributed by atoms with Crippen LogP contribution in [0.3, 0.4) is 0 Å². The lowest BCUT2D eigenvalue weighted by Crippen LogP contribution is -2.44. The van der Waals surface area contributed by atoms with Crippen molar-refractivity contribution in [2.24, 2.45) is 5.41 Å². The molecular formula is C15H18ClN3O3. The SMILES string of the molecule is O=C(c1ccc(Cl)cc1[N+](=O)[O-])N1CCC2(CCNC2)CC1. The van der Waals surface area contributed by atoms with E-state index >= 15 is 0 Å². The number of hydrogen-bond acceptors (Lipinski definition) is 4. The Balaban J connectivity index is 1.76. The number of nitrogens with zero attached hydrogens (tertiary/aromatic N) is 2. The number of carbonyl (C=O) groups excluding carboxylic acids is 1. The van der Waals surface area contributed by atoms with Gasteiger partial charge in [0.2, 0.25) is 0 Å². The largest absolute Gasteiger partial charge is 0.338 e. The van der Waals surface area contributed by atoms with E-state index in [0.717, 1.165) is 32.4 Å². The lowest BCUT2D eigenvalue weighted by molar-refractivity contribution is -0.385. The standard InChI is InChI=1S/C15H18ClN3O3/c16-11-1-2-12(13(9-11)19(21)22)14(20)18-7-4-15(5-8-18)3-6-17-10-15/h1-2,9,17H,3-8,10H2. The highest BCUT2D eigenvalue weighted by Crippen LogP contribution is 2.37. The molecule has 0 aromatic heterocycles. The summed E-state index contributed by atoms with van der Waals surface area (Å²) < 4.78 is 0. The Labute approximate surface area is 133 Å². The van der Waals surface area contributed by atoms with Crippen molar-refractivity contribution in [1.82, 2.24) is 10.2 Å². The molecule has 0 unspecified atom stereocenters. The molecule has 1 spiro atoms. The van der Waals surface area contributed by atoms with Gasteiger partial charge in [-0.25, -0.2) is 0 Å². The van der Waals surface area contributed by atoms with Crippen molar-refractivity contribution < 1.29 is 9.72 Å². The monoisotopic (exact) mass is 323 g/mol. The predicted molar refractivity (Wildman–Crippen MR) is 83.2 cm³/mol. The first kappa shape index (κ1) is 15.2. The summed E-state index contributed by atoms with van der Waals surface area (Å²) in [5.41, 5.74) is 0.207. The fourth-order valence-corrected chi connectivity index (χ4v) is 3.58. The number of hydrogen-bond donors (Lipinski definition) is 1. The van der Waals surface area contributed by atoms with E-state index in [1.54, 1.807) is 4.90 Å². The van der Waals surface area contributed by atoms with Gasteiger partial charge in [0.15, 0.2) is 0 Å². The Morgan fingerprint density at radius 2 is 2.05 bits per heavy atom. The molecule has 7 heteroatoms. The molecule has 22 heavy (non-hydrogen) atoms. The van der Waals surface area contributed by atoms with E-state index in [-0.39, 0.29) is 22.2 Å². The van der Waals surface area contributed by atoms with Crippen LogP contribution in [-0.4, -0.2) is 41.9 Å². The normalized spacial score (nSPS) is 20.3. The molecule has 1 aromatic carbocycles. The molecule has 1 aromatic rings. The van der Waals surface area contributed by atoms with Crippen molar-refractivity contribution in [3.8, 4) is 0 Å². The van der Waals surface area contributed by atoms with E-state index in [1.165, 1.54) is 18.2 Å². The number of likely N-dealkylation sites (tertiary alicyclic amines) is 1. The number of benzene rings is 1. The average molecular weight is 324 g/mol. The van der Waals surface area contributed by atoms with Gasteiger partial charge in [0.25, 0.3) is 11.6 Å². The minimum absolute atomic E-state index is 0.120. The number of carbonyl (C=O) groups is 1. The molecule has 1 N–H and O–H groups in total. The fourth-order valence-electron chi connectivity index (χ4n) is 3.41. The zero-order valence-corrected chi connectivity index (χ0v) is 12.9. The molecular weight excluding hydrogens is 306 g/mol. The Hall–Kier alpha value is -1.66. The second-order valence-electron chi connectivity index (χ2n) is 6.14. The summed E-state index contributed by atoms with van der Waals surface area (Å²) in [5.74, 6) is -0.274. The van der Waals surface area contributed by atoms with Crippen molar-refractivity contribution in [2.45, 2.75) is 19.3 Å². The van der Waals surface area contributed by atoms with Crippen LogP contribution in [0.4, 0.5) is 5.69 Å². The minimum Gasteiger partial charge on any atom is -0.338 e. The molecule has 118 valence electrons. The molecule has 1 amide bonds. The molecule has 2 fully saturated rings. The molecule has 2 aliphatic heterocycles. The maximum absolute atomic E-state index is 12.6. The highest BCUT2D eigenvalue weighted by molar-refractivity contribution is 6.31. The van der Waals surface area contributed by atoms with E-state index in [1.807, 2.05) is 0 Å². The summed E-state index contributed by atoms with van der Waals surface area (Å²) in [4.78, 5) is 24.9. The summed E-state index contributed by atoms with van der Waals surface area (Å²) in [5, 5.41) is 14.8. The smallest absolute Gasteiger partial charge is 0.283 e. The number of nitro groups is 1. The van der Waals surface area contributed by atoms with Crippen LogP contribution in [0.5, 0.6) is 0 Å². The predicted octanol–water partition coefficient (Wildman–Crippen LogP) is 2.46. The van der Waals surface area contributed by atoms with Crippen molar-refractivity contribution >= 4 is 23.2 Å². The van der Waals surface area contributed by atoms with E-state index < -0.39 is 4.92 Å². The Morgan fingerprint density at radius 1 is 1.32 bits per heavy atom. The summed E-state index contributed by atoms with van der Waals surface area (Å²) in [7, 11) is 0. The van der Waals surface area contributed by atoms with Crippen molar-refractivity contribution in [1.29, 1.82) is 0 Å². The van der Waals surface area contributed by atoms with Gasteiger partial charge >= 0.3 is 0 Å². The minimum atomic E-state index is -0.550. The fraction of sp³-hybridized carbons (Fsp3) is 0.533. The van der Waals surface area contributed by atoms with Gasteiger partial charge in [0.1, 0.15) is 5.56 Å². The molecule has 0 radical (unpaired) electrons. The van der Waals surface area contributed by atoms with Crippen LogP contribution in [0.15, 0.2) is 18.2 Å². The van der Waals surface area contributed by atoms with Gasteiger partial charge in [-0.3, -0.25) is 14.9 Å². The lowest BCUT2D eigenvalue weighted by Gasteiger charge is -2.38. The second-order valence-corrected chi connectivity index (χ2v) is 6.57. The van der Waals surface area contributed by atoms with Gasteiger partial charge in [-0.05, 0) is 43.4 Å². The van der Waals surface area contributed by atoms with Crippen molar-refractivity contribution in [3.63, 3.8) is 0 Å². The molecule has 0 atom stereocenters. The topological polar surface area (TPSA) is 75.5 Å². The van der Waals surface area contributed by atoms with Crippen LogP contribution in [0, 0.1) is 15.5 Å². The van der Waals surface area contributed by atoms with Crippen LogP contribution in [0.25, 0.3) is 0 Å². The van der Waals surface area contributed by atoms with Crippen LogP contribution in [-0.2, 0) is 0 Å². The maximum Gasteiger partial charge on any atom is 0.283 e. The van der Waals surface area contributed by atoms with Gasteiger partial charge in [-0.2, -0.15) is 0 Å². The third kappa shape index (κ3) is 2.80. The van der Waals surface area contributed by atoms with Crippen LogP contribution < -0.4 is 5.32 Å². The molecule has 6 nitrogen and oxygen atoms in total. The molecule has 0 saturated carbocycles. The van der Waals surface area contributed by atoms with Crippen LogP contribution in [0.1, 0.15) is 29.6 Å². The van der Waals surface area contributed by atoms with Gasteiger partial charge in [0, 0.05) is 30.7 Å². The van der Waals surface area contributed by atoms with E-state index in [9.17, 15) is 14.9 Å². The Morgan fingerprint density at radius 3 is 2.64 bits per heavy atom. The second kappa shape index (κ2) is 5.85. The van der Waals surface area contributed by atoms with Gasteiger partial charge in [-0.15, -0.1) is 0 Å². The van der Waals surface area contributed by atoms with Crippen LogP contribution >= 0.6 is 11.6 Å². The maximum atomic E-state index is 12.6. The first-order chi connectivity index (χ1) is 10.5. The van der Waals surface area contributed by atoms with Gasteiger partial charge < -0.3 is 10.2 Å². The van der Waals surface area contributed by atoms with E-state index in [0.29, 0.717) is 18.5 Å². The van der Waals surface area contributed by atoms with Gasteiger partial charge in [0.05, 0.1) is 4.92 Å². The van der Waals surface area contributed by atoms with E-state index in [4.69, 9.17) is 11.6 Å². The van der Waals surface area contributed by atoms with Gasteiger partial charge in [-0.1, -0.05) is 11.6 Å². The number of piperidine rings is 1. The Kier molecular flexibility index (Phi) is 4.06. The van der Waals surface area contributed by atoms with Crippen LogP contribution in [0.2, 0.25) is 5.02 Å². The highest BCUT2D eigenvalue weighted by Gasteiger charge is 2.39. The number of amides is 1. The summed E-state index contributed by atoms with van der Waals surface area (Å²) >= 11 is 5.80. The number of rotatable bonds is 2. The molecule has 0 bridgehead atoms. The number of nitro benzene ring substituents is 1. The first-order valence-corrected chi connectivity index (χ1v) is 7.83. The Bertz CT molecular complexity index is 604. The number of halogens is 1. The van der Waals surface area contributed by atoms with E-state index in [2.05, 4.69) is 5.32 Å². The first-order valence-electron chi connectivity index (χ1n) is 7.45. The molecule has 2 heterocycles. The molecule has 3 rings (SSSR count).